The van der Waals surface area contributed by atoms with Crippen molar-refractivity contribution in [3.05, 3.63) is 29.6 Å². The summed E-state index contributed by atoms with van der Waals surface area (Å²) in [6.07, 6.45) is -0.571. The molecule has 0 radical (unpaired) electrons. The molecular weight excluding hydrogens is 263 g/mol. The van der Waals surface area contributed by atoms with Gasteiger partial charge in [0.1, 0.15) is 5.60 Å². The SMILES string of the molecule is COc1cc(C(C)NNC(=O)OC(C)(C)C)ccc1F. The van der Waals surface area contributed by atoms with Gasteiger partial charge in [-0.25, -0.2) is 14.6 Å². The standard InChI is InChI=1S/C14H21FN2O3/c1-9(16-17-13(18)20-14(2,3)4)10-6-7-11(15)12(8-10)19-5/h6-9,16H,1-5H3,(H,17,18). The summed E-state index contributed by atoms with van der Waals surface area (Å²) in [4.78, 5) is 11.5. The van der Waals surface area contributed by atoms with Gasteiger partial charge in [0.15, 0.2) is 11.6 Å². The number of carbonyl (C=O) groups excluding carboxylic acids is 1. The van der Waals surface area contributed by atoms with Crippen molar-refractivity contribution in [3.8, 4) is 5.75 Å². The topological polar surface area (TPSA) is 59.6 Å². The largest absolute Gasteiger partial charge is 0.494 e. The van der Waals surface area contributed by atoms with E-state index in [1.165, 1.54) is 13.2 Å². The Morgan fingerprint density at radius 3 is 2.55 bits per heavy atom. The number of hydrogen-bond acceptors (Lipinski definition) is 4. The zero-order valence-corrected chi connectivity index (χ0v) is 12.4. The Hall–Kier alpha value is -1.82. The number of halogens is 1. The molecule has 1 atom stereocenters. The van der Waals surface area contributed by atoms with Crippen LogP contribution in [0.3, 0.4) is 0 Å². The van der Waals surface area contributed by atoms with Crippen molar-refractivity contribution in [1.29, 1.82) is 0 Å². The molecule has 0 aromatic heterocycles. The van der Waals surface area contributed by atoms with Crippen molar-refractivity contribution in [1.82, 2.24) is 10.9 Å². The van der Waals surface area contributed by atoms with Crippen LogP contribution in [-0.4, -0.2) is 18.8 Å². The van der Waals surface area contributed by atoms with Gasteiger partial charge >= 0.3 is 6.09 Å². The first-order valence-electron chi connectivity index (χ1n) is 6.31. The Kier molecular flexibility index (Phi) is 5.33. The summed E-state index contributed by atoms with van der Waals surface area (Å²) in [6, 6.07) is 4.28. The summed E-state index contributed by atoms with van der Waals surface area (Å²) >= 11 is 0. The lowest BCUT2D eigenvalue weighted by Gasteiger charge is -2.21. The predicted molar refractivity (Wildman–Crippen MR) is 73.9 cm³/mol. The summed E-state index contributed by atoms with van der Waals surface area (Å²) in [5.41, 5.74) is 5.45. The molecule has 112 valence electrons. The van der Waals surface area contributed by atoms with E-state index in [0.717, 1.165) is 5.56 Å². The van der Waals surface area contributed by atoms with Gasteiger partial charge in [-0.1, -0.05) is 6.07 Å². The third kappa shape index (κ3) is 5.05. The molecule has 0 saturated carbocycles. The van der Waals surface area contributed by atoms with Gasteiger partial charge in [0.25, 0.3) is 0 Å². The van der Waals surface area contributed by atoms with Crippen molar-refractivity contribution >= 4 is 6.09 Å². The van der Waals surface area contributed by atoms with Crippen LogP contribution in [0.2, 0.25) is 0 Å². The van der Waals surface area contributed by atoms with Gasteiger partial charge in [-0.05, 0) is 45.4 Å². The molecule has 0 bridgehead atoms. The molecule has 0 spiro atoms. The van der Waals surface area contributed by atoms with E-state index in [9.17, 15) is 9.18 Å². The monoisotopic (exact) mass is 284 g/mol. The molecule has 1 amide bonds. The van der Waals surface area contributed by atoms with E-state index in [2.05, 4.69) is 10.9 Å². The predicted octanol–water partition coefficient (Wildman–Crippen LogP) is 2.92. The molecule has 1 aromatic carbocycles. The lowest BCUT2D eigenvalue weighted by molar-refractivity contribution is 0.0489. The second kappa shape index (κ2) is 6.56. The Morgan fingerprint density at radius 1 is 1.35 bits per heavy atom. The van der Waals surface area contributed by atoms with E-state index in [4.69, 9.17) is 9.47 Å². The Morgan fingerprint density at radius 2 is 2.00 bits per heavy atom. The van der Waals surface area contributed by atoms with Crippen LogP contribution in [0.15, 0.2) is 18.2 Å². The number of hydrogen-bond donors (Lipinski definition) is 2. The molecule has 0 aliphatic rings. The summed E-state index contributed by atoms with van der Waals surface area (Å²) in [5, 5.41) is 0. The van der Waals surface area contributed by atoms with Gasteiger partial charge in [-0.3, -0.25) is 5.43 Å². The van der Waals surface area contributed by atoms with Crippen molar-refractivity contribution < 1.29 is 18.7 Å². The molecule has 0 heterocycles. The molecular formula is C14H21FN2O3. The van der Waals surface area contributed by atoms with Crippen molar-refractivity contribution in [2.24, 2.45) is 0 Å². The summed E-state index contributed by atoms with van der Waals surface area (Å²) in [5.74, 6) is -0.267. The Bertz CT molecular complexity index is 472. The summed E-state index contributed by atoms with van der Waals surface area (Å²) in [6.45, 7) is 7.16. The van der Waals surface area contributed by atoms with E-state index >= 15 is 0 Å². The maximum Gasteiger partial charge on any atom is 0.422 e. The van der Waals surface area contributed by atoms with Gasteiger partial charge in [-0.2, -0.15) is 0 Å². The highest BCUT2D eigenvalue weighted by atomic mass is 19.1. The number of nitrogens with one attached hydrogen (secondary N) is 2. The third-order valence-electron chi connectivity index (χ3n) is 2.46. The quantitative estimate of drug-likeness (QED) is 0.835. The molecule has 1 unspecified atom stereocenters. The lowest BCUT2D eigenvalue weighted by Crippen LogP contribution is -2.42. The van der Waals surface area contributed by atoms with Crippen molar-refractivity contribution in [3.63, 3.8) is 0 Å². The van der Waals surface area contributed by atoms with Crippen molar-refractivity contribution in [2.45, 2.75) is 39.3 Å². The average molecular weight is 284 g/mol. The fourth-order valence-electron chi connectivity index (χ4n) is 1.50. The van der Waals surface area contributed by atoms with Crippen LogP contribution in [0.5, 0.6) is 5.75 Å². The number of benzene rings is 1. The fraction of sp³-hybridized carbons (Fsp3) is 0.500. The van der Waals surface area contributed by atoms with Gasteiger partial charge in [0.05, 0.1) is 7.11 Å². The molecule has 1 aromatic rings. The summed E-state index contributed by atoms with van der Waals surface area (Å²) < 4.78 is 23.3. The zero-order chi connectivity index (χ0) is 15.3. The second-order valence-corrected chi connectivity index (χ2v) is 5.39. The lowest BCUT2D eigenvalue weighted by atomic mass is 10.1. The Balaban J connectivity index is 2.59. The van der Waals surface area contributed by atoms with Gasteiger partial charge < -0.3 is 9.47 Å². The molecule has 6 heteroatoms. The number of rotatable bonds is 4. The first kappa shape index (κ1) is 16.2. The van der Waals surface area contributed by atoms with Gasteiger partial charge in [0, 0.05) is 6.04 Å². The first-order chi connectivity index (χ1) is 9.23. The average Bonchev–Trinajstić information content (AvgIpc) is 2.34. The van der Waals surface area contributed by atoms with E-state index in [1.807, 2.05) is 6.92 Å². The number of hydrazine groups is 1. The smallest absolute Gasteiger partial charge is 0.422 e. The minimum absolute atomic E-state index is 0.161. The first-order valence-corrected chi connectivity index (χ1v) is 6.31. The molecule has 0 fully saturated rings. The molecule has 20 heavy (non-hydrogen) atoms. The molecule has 1 rings (SSSR count). The van der Waals surface area contributed by atoms with Crippen molar-refractivity contribution in [2.75, 3.05) is 7.11 Å². The van der Waals surface area contributed by atoms with Crippen LogP contribution in [0.25, 0.3) is 0 Å². The van der Waals surface area contributed by atoms with Crippen LogP contribution in [0.1, 0.15) is 39.3 Å². The van der Waals surface area contributed by atoms with Crippen LogP contribution >= 0.6 is 0 Å². The normalized spacial score (nSPS) is 12.7. The molecule has 0 aliphatic heterocycles. The maximum atomic E-state index is 13.3. The maximum absolute atomic E-state index is 13.3. The summed E-state index contributed by atoms with van der Waals surface area (Å²) in [7, 11) is 1.40. The zero-order valence-electron chi connectivity index (χ0n) is 12.4. The molecule has 0 saturated heterocycles. The number of amides is 1. The van der Waals surface area contributed by atoms with Gasteiger partial charge in [-0.15, -0.1) is 0 Å². The van der Waals surface area contributed by atoms with Crippen LogP contribution < -0.4 is 15.6 Å². The highest BCUT2D eigenvalue weighted by Gasteiger charge is 2.17. The number of methoxy groups -OCH3 is 1. The highest BCUT2D eigenvalue weighted by Crippen LogP contribution is 2.22. The molecule has 0 aliphatic carbocycles. The third-order valence-corrected chi connectivity index (χ3v) is 2.46. The fourth-order valence-corrected chi connectivity index (χ4v) is 1.50. The van der Waals surface area contributed by atoms with Crippen LogP contribution in [0.4, 0.5) is 9.18 Å². The van der Waals surface area contributed by atoms with Crippen LogP contribution in [-0.2, 0) is 4.74 Å². The number of carbonyl (C=O) groups is 1. The van der Waals surface area contributed by atoms with Gasteiger partial charge in [0.2, 0.25) is 0 Å². The molecule has 5 nitrogen and oxygen atoms in total. The van der Waals surface area contributed by atoms with E-state index in [-0.39, 0.29) is 11.8 Å². The highest BCUT2D eigenvalue weighted by molar-refractivity contribution is 5.67. The van der Waals surface area contributed by atoms with E-state index in [1.54, 1.807) is 32.9 Å². The Labute approximate surface area is 118 Å². The van der Waals surface area contributed by atoms with E-state index < -0.39 is 17.5 Å². The molecule has 2 N–H and O–H groups in total. The van der Waals surface area contributed by atoms with Crippen LogP contribution in [0, 0.1) is 5.82 Å². The minimum atomic E-state index is -0.571. The van der Waals surface area contributed by atoms with E-state index in [0.29, 0.717) is 0 Å². The minimum Gasteiger partial charge on any atom is -0.494 e. The number of ether oxygens (including phenoxy) is 2. The second-order valence-electron chi connectivity index (χ2n) is 5.39.